The monoisotopic (exact) mass is 281 g/mol. The summed E-state index contributed by atoms with van der Waals surface area (Å²) < 4.78 is 4.71. The number of hydrogen-bond donors (Lipinski definition) is 1. The van der Waals surface area contributed by atoms with E-state index in [2.05, 4.69) is 4.98 Å². The highest BCUT2D eigenvalue weighted by Gasteiger charge is 2.17. The van der Waals surface area contributed by atoms with Crippen molar-refractivity contribution >= 4 is 29.0 Å². The first-order valence-corrected chi connectivity index (χ1v) is 6.33. The van der Waals surface area contributed by atoms with E-state index in [1.165, 1.54) is 7.11 Å². The second-order valence-corrected chi connectivity index (χ2v) is 4.96. The summed E-state index contributed by atoms with van der Waals surface area (Å²) in [5.74, 6) is 0.262. The molecule has 1 heterocycles. The van der Waals surface area contributed by atoms with E-state index in [9.17, 15) is 4.79 Å². The molecule has 0 aliphatic rings. The van der Waals surface area contributed by atoms with E-state index in [-0.39, 0.29) is 11.9 Å². The first-order valence-electron chi connectivity index (χ1n) is 5.92. The van der Waals surface area contributed by atoms with Crippen molar-refractivity contribution in [2.45, 2.75) is 13.8 Å². The molecule has 1 atom stereocenters. The number of rotatable bonds is 5. The molecule has 0 aliphatic heterocycles. The highest BCUT2D eigenvalue weighted by Crippen LogP contribution is 2.15. The molecule has 1 aromatic rings. The van der Waals surface area contributed by atoms with E-state index in [1.54, 1.807) is 0 Å². The molecule has 0 aromatic carbocycles. The normalized spacial score (nSPS) is 11.8. The molecular weight excluding hydrogens is 262 g/mol. The van der Waals surface area contributed by atoms with Crippen LogP contribution in [0.2, 0.25) is 0 Å². The van der Waals surface area contributed by atoms with Gasteiger partial charge in [0, 0.05) is 24.8 Å². The van der Waals surface area contributed by atoms with Crippen molar-refractivity contribution in [1.82, 2.24) is 4.98 Å². The summed E-state index contributed by atoms with van der Waals surface area (Å²) in [6.45, 7) is 4.20. The maximum absolute atomic E-state index is 11.4. The van der Waals surface area contributed by atoms with E-state index in [1.807, 2.05) is 37.9 Å². The van der Waals surface area contributed by atoms with Gasteiger partial charge >= 0.3 is 5.97 Å². The van der Waals surface area contributed by atoms with Gasteiger partial charge in [-0.1, -0.05) is 19.1 Å². The summed E-state index contributed by atoms with van der Waals surface area (Å²) in [6.07, 6.45) is 0. The van der Waals surface area contributed by atoms with Gasteiger partial charge in [0.1, 0.15) is 10.8 Å². The van der Waals surface area contributed by atoms with Gasteiger partial charge < -0.3 is 15.4 Å². The number of nitrogens with two attached hydrogens (primary N) is 1. The van der Waals surface area contributed by atoms with Gasteiger partial charge in [0.2, 0.25) is 0 Å². The first-order chi connectivity index (χ1) is 8.85. The lowest BCUT2D eigenvalue weighted by Crippen LogP contribution is -2.30. The van der Waals surface area contributed by atoms with Crippen LogP contribution in [-0.4, -0.2) is 36.6 Å². The zero-order valence-corrected chi connectivity index (χ0v) is 12.5. The standard InChI is InChI=1S/C13H19N3O2S/c1-8(13(17)18-4)7-16(3)11-6-10(12(14)19)5-9(2)15-11/h5-6,8H,7H2,1-4H3,(H2,14,19). The zero-order chi connectivity index (χ0) is 14.6. The number of carbonyl (C=O) groups excluding carboxylic acids is 1. The number of carbonyl (C=O) groups is 1. The summed E-state index contributed by atoms with van der Waals surface area (Å²) in [6, 6.07) is 3.66. The Morgan fingerprint density at radius 2 is 2.21 bits per heavy atom. The number of aromatic nitrogens is 1. The second kappa shape index (κ2) is 6.47. The third-order valence-electron chi connectivity index (χ3n) is 2.77. The quantitative estimate of drug-likeness (QED) is 0.647. The molecule has 0 saturated carbocycles. The lowest BCUT2D eigenvalue weighted by atomic mass is 10.1. The van der Waals surface area contributed by atoms with Crippen molar-refractivity contribution in [3.8, 4) is 0 Å². The number of hydrogen-bond acceptors (Lipinski definition) is 5. The van der Waals surface area contributed by atoms with Gasteiger partial charge in [-0.15, -0.1) is 0 Å². The Hall–Kier alpha value is -1.69. The van der Waals surface area contributed by atoms with Gasteiger partial charge in [0.15, 0.2) is 0 Å². The molecule has 104 valence electrons. The van der Waals surface area contributed by atoms with E-state index in [0.29, 0.717) is 11.5 Å². The van der Waals surface area contributed by atoms with Crippen LogP contribution in [0.1, 0.15) is 18.2 Å². The molecule has 0 fully saturated rings. The predicted octanol–water partition coefficient (Wildman–Crippen LogP) is 1.27. The van der Waals surface area contributed by atoms with Crippen molar-refractivity contribution in [2.75, 3.05) is 25.6 Å². The molecular formula is C13H19N3O2S. The largest absolute Gasteiger partial charge is 0.469 e. The number of methoxy groups -OCH3 is 1. The molecule has 0 amide bonds. The van der Waals surface area contributed by atoms with Crippen LogP contribution < -0.4 is 10.6 Å². The second-order valence-electron chi connectivity index (χ2n) is 4.52. The van der Waals surface area contributed by atoms with E-state index in [0.717, 1.165) is 17.1 Å². The number of esters is 1. The Kier molecular flexibility index (Phi) is 5.23. The average Bonchev–Trinajstić information content (AvgIpc) is 2.36. The predicted molar refractivity (Wildman–Crippen MR) is 79.3 cm³/mol. The molecule has 1 aromatic heterocycles. The number of thiocarbonyl (C=S) groups is 1. The van der Waals surface area contributed by atoms with Gasteiger partial charge in [-0.05, 0) is 19.1 Å². The van der Waals surface area contributed by atoms with Gasteiger partial charge in [-0.3, -0.25) is 4.79 Å². The minimum atomic E-state index is -0.242. The number of nitrogens with zero attached hydrogens (tertiary/aromatic N) is 2. The van der Waals surface area contributed by atoms with Crippen molar-refractivity contribution in [1.29, 1.82) is 0 Å². The van der Waals surface area contributed by atoms with E-state index < -0.39 is 0 Å². The molecule has 0 aliphatic carbocycles. The first kappa shape index (κ1) is 15.4. The number of aryl methyl sites for hydroxylation is 1. The van der Waals surface area contributed by atoms with E-state index >= 15 is 0 Å². The van der Waals surface area contributed by atoms with Gasteiger partial charge in [-0.2, -0.15) is 0 Å². The van der Waals surface area contributed by atoms with E-state index in [4.69, 9.17) is 22.7 Å². The third-order valence-corrected chi connectivity index (χ3v) is 3.00. The van der Waals surface area contributed by atoms with Crippen LogP contribution in [0, 0.1) is 12.8 Å². The molecule has 6 heteroatoms. The molecule has 1 unspecified atom stereocenters. The number of pyridine rings is 1. The van der Waals surface area contributed by atoms with Crippen LogP contribution in [0.25, 0.3) is 0 Å². The summed E-state index contributed by atoms with van der Waals surface area (Å²) >= 11 is 4.97. The molecule has 0 saturated heterocycles. The Balaban J connectivity index is 2.90. The SMILES string of the molecule is COC(=O)C(C)CN(C)c1cc(C(N)=S)cc(C)n1. The van der Waals surface area contributed by atoms with Crippen LogP contribution in [0.15, 0.2) is 12.1 Å². The summed E-state index contributed by atoms with van der Waals surface area (Å²) in [5, 5.41) is 0. The molecule has 5 nitrogen and oxygen atoms in total. The van der Waals surface area contributed by atoms with Gasteiger partial charge in [-0.25, -0.2) is 4.98 Å². The molecule has 19 heavy (non-hydrogen) atoms. The highest BCUT2D eigenvalue weighted by molar-refractivity contribution is 7.80. The van der Waals surface area contributed by atoms with Crippen LogP contribution >= 0.6 is 12.2 Å². The van der Waals surface area contributed by atoms with Crippen molar-refractivity contribution in [3.63, 3.8) is 0 Å². The Labute approximate surface area is 118 Å². The van der Waals surface area contributed by atoms with Gasteiger partial charge in [0.25, 0.3) is 0 Å². The van der Waals surface area contributed by atoms with Crippen LogP contribution in [-0.2, 0) is 9.53 Å². The fourth-order valence-corrected chi connectivity index (χ4v) is 1.89. The maximum atomic E-state index is 11.4. The summed E-state index contributed by atoms with van der Waals surface area (Å²) in [7, 11) is 3.25. The smallest absolute Gasteiger partial charge is 0.310 e. The van der Waals surface area contributed by atoms with Crippen LogP contribution in [0.4, 0.5) is 5.82 Å². The average molecular weight is 281 g/mol. The Bertz CT molecular complexity index is 491. The lowest BCUT2D eigenvalue weighted by Gasteiger charge is -2.22. The lowest BCUT2D eigenvalue weighted by molar-refractivity contribution is -0.144. The van der Waals surface area contributed by atoms with Crippen molar-refractivity contribution < 1.29 is 9.53 Å². The fraction of sp³-hybridized carbons (Fsp3) is 0.462. The molecule has 0 bridgehead atoms. The minimum absolute atomic E-state index is 0.231. The molecule has 2 N–H and O–H groups in total. The summed E-state index contributed by atoms with van der Waals surface area (Å²) in [5.41, 5.74) is 7.24. The Morgan fingerprint density at radius 3 is 2.74 bits per heavy atom. The third kappa shape index (κ3) is 4.17. The maximum Gasteiger partial charge on any atom is 0.310 e. The topological polar surface area (TPSA) is 68.5 Å². The van der Waals surface area contributed by atoms with Crippen molar-refractivity contribution in [2.24, 2.45) is 11.7 Å². The van der Waals surface area contributed by atoms with Gasteiger partial charge in [0.05, 0.1) is 13.0 Å². The number of anilines is 1. The van der Waals surface area contributed by atoms with Crippen LogP contribution in [0.3, 0.4) is 0 Å². The minimum Gasteiger partial charge on any atom is -0.469 e. The molecule has 0 radical (unpaired) electrons. The Morgan fingerprint density at radius 1 is 1.58 bits per heavy atom. The highest BCUT2D eigenvalue weighted by atomic mass is 32.1. The van der Waals surface area contributed by atoms with Crippen LogP contribution in [0.5, 0.6) is 0 Å². The zero-order valence-electron chi connectivity index (χ0n) is 11.6. The van der Waals surface area contributed by atoms with Crippen molar-refractivity contribution in [3.05, 3.63) is 23.4 Å². The number of ether oxygens (including phenoxy) is 1. The molecule has 1 rings (SSSR count). The fourth-order valence-electron chi connectivity index (χ4n) is 1.77. The summed E-state index contributed by atoms with van der Waals surface area (Å²) in [4.78, 5) is 18.0. The molecule has 0 spiro atoms.